The van der Waals surface area contributed by atoms with Crippen LogP contribution in [0.1, 0.15) is 25.7 Å². The van der Waals surface area contributed by atoms with Gasteiger partial charge in [-0.1, -0.05) is 28.8 Å². The second kappa shape index (κ2) is 5.54. The summed E-state index contributed by atoms with van der Waals surface area (Å²) in [5.74, 6) is -7.34. The number of halogens is 5. The molecule has 1 fully saturated rings. The lowest BCUT2D eigenvalue weighted by molar-refractivity contribution is -0.172. The van der Waals surface area contributed by atoms with Gasteiger partial charge in [-0.15, -0.1) is 0 Å². The van der Waals surface area contributed by atoms with Crippen LogP contribution in [-0.4, -0.2) is 34.9 Å². The molecule has 1 N–H and O–H groups in total. The van der Waals surface area contributed by atoms with Crippen LogP contribution in [0.25, 0.3) is 0 Å². The normalized spacial score (nSPS) is 19.0. The topological polar surface area (TPSA) is 46.2 Å². The van der Waals surface area contributed by atoms with Crippen molar-refractivity contribution < 1.29 is 27.2 Å². The van der Waals surface area contributed by atoms with E-state index in [2.05, 4.69) is 15.9 Å². The molecular formula is C10H12BrF4NO2. The van der Waals surface area contributed by atoms with Crippen molar-refractivity contribution in [2.45, 2.75) is 43.6 Å². The molecule has 0 spiro atoms. The van der Waals surface area contributed by atoms with Gasteiger partial charge < -0.3 is 5.32 Å². The van der Waals surface area contributed by atoms with E-state index in [1.165, 1.54) is 0 Å². The zero-order valence-corrected chi connectivity index (χ0v) is 10.9. The third kappa shape index (κ3) is 2.84. The smallest absolute Gasteiger partial charge is 0.338 e. The molecule has 0 aromatic carbocycles. The second-order valence-electron chi connectivity index (χ2n) is 4.22. The van der Waals surface area contributed by atoms with Crippen molar-refractivity contribution in [1.29, 1.82) is 0 Å². The summed E-state index contributed by atoms with van der Waals surface area (Å²) >= 11 is 2.89. The van der Waals surface area contributed by atoms with E-state index in [4.69, 9.17) is 0 Å². The van der Waals surface area contributed by atoms with Crippen molar-refractivity contribution in [3.05, 3.63) is 0 Å². The molecule has 0 aromatic rings. The maximum absolute atomic E-state index is 12.8. The average molecular weight is 334 g/mol. The summed E-state index contributed by atoms with van der Waals surface area (Å²) in [5, 5.41) is 1.70. The number of carbonyl (C=O) groups is 2. The second-order valence-corrected chi connectivity index (χ2v) is 4.78. The van der Waals surface area contributed by atoms with Gasteiger partial charge in [0.15, 0.2) is 5.78 Å². The lowest BCUT2D eigenvalue weighted by Gasteiger charge is -2.29. The highest BCUT2D eigenvalue weighted by atomic mass is 79.9. The minimum absolute atomic E-state index is 0.118. The molecule has 104 valence electrons. The molecule has 1 aliphatic rings. The summed E-state index contributed by atoms with van der Waals surface area (Å²) in [6, 6.07) is 0. The molecule has 0 bridgehead atoms. The lowest BCUT2D eigenvalue weighted by atomic mass is 9.92. The van der Waals surface area contributed by atoms with Crippen molar-refractivity contribution in [2.24, 2.45) is 0 Å². The van der Waals surface area contributed by atoms with Crippen molar-refractivity contribution in [3.63, 3.8) is 0 Å². The lowest BCUT2D eigenvalue weighted by Crippen LogP contribution is -2.58. The van der Waals surface area contributed by atoms with E-state index in [0.29, 0.717) is 12.8 Å². The molecule has 1 aliphatic carbocycles. The first-order chi connectivity index (χ1) is 8.26. The standard InChI is InChI=1S/C10H12BrF4NO2/c11-5-6(17)9(3-1-2-4-9)16-8(18)10(14,15)7(12)13/h7H,1-5H2,(H,16,18). The van der Waals surface area contributed by atoms with E-state index in [-0.39, 0.29) is 18.2 Å². The van der Waals surface area contributed by atoms with Crippen LogP contribution >= 0.6 is 15.9 Å². The Hall–Kier alpha value is -0.660. The van der Waals surface area contributed by atoms with Crippen LogP contribution in [0.3, 0.4) is 0 Å². The van der Waals surface area contributed by atoms with E-state index < -0.39 is 29.6 Å². The van der Waals surface area contributed by atoms with Crippen LogP contribution in [0, 0.1) is 0 Å². The molecule has 0 aromatic heterocycles. The molecule has 1 amide bonds. The first kappa shape index (κ1) is 15.4. The minimum Gasteiger partial charge on any atom is -0.338 e. The fourth-order valence-electron chi connectivity index (χ4n) is 1.98. The average Bonchev–Trinajstić information content (AvgIpc) is 2.77. The third-order valence-electron chi connectivity index (χ3n) is 3.04. The summed E-state index contributed by atoms with van der Waals surface area (Å²) in [6.45, 7) is 0. The monoisotopic (exact) mass is 333 g/mol. The van der Waals surface area contributed by atoms with Crippen LogP contribution in [0.15, 0.2) is 0 Å². The largest absolute Gasteiger partial charge is 0.383 e. The number of ketones is 1. The highest BCUT2D eigenvalue weighted by Crippen LogP contribution is 2.33. The Bertz CT molecular complexity index is 343. The van der Waals surface area contributed by atoms with E-state index in [9.17, 15) is 27.2 Å². The quantitative estimate of drug-likeness (QED) is 0.619. The number of amides is 1. The van der Waals surface area contributed by atoms with Crippen molar-refractivity contribution in [1.82, 2.24) is 5.32 Å². The molecule has 0 atom stereocenters. The Kier molecular flexibility index (Phi) is 4.74. The Morgan fingerprint density at radius 2 is 1.78 bits per heavy atom. The summed E-state index contributed by atoms with van der Waals surface area (Å²) in [7, 11) is 0. The minimum atomic E-state index is -4.78. The van der Waals surface area contributed by atoms with Crippen LogP contribution in [0.5, 0.6) is 0 Å². The molecule has 1 saturated carbocycles. The van der Waals surface area contributed by atoms with Gasteiger partial charge in [0.05, 0.1) is 10.9 Å². The number of carbonyl (C=O) groups excluding carboxylic acids is 2. The van der Waals surface area contributed by atoms with Crippen LogP contribution < -0.4 is 5.32 Å². The van der Waals surface area contributed by atoms with Crippen molar-refractivity contribution >= 4 is 27.6 Å². The maximum Gasteiger partial charge on any atom is 0.383 e. The molecule has 0 aliphatic heterocycles. The summed E-state index contributed by atoms with van der Waals surface area (Å²) in [6.07, 6.45) is -2.53. The zero-order valence-electron chi connectivity index (χ0n) is 9.32. The van der Waals surface area contributed by atoms with Gasteiger partial charge >= 0.3 is 12.3 Å². The van der Waals surface area contributed by atoms with Gasteiger partial charge in [0.25, 0.3) is 5.91 Å². The highest BCUT2D eigenvalue weighted by Gasteiger charge is 2.53. The number of hydrogen-bond acceptors (Lipinski definition) is 2. The summed E-state index contributed by atoms with van der Waals surface area (Å²) in [4.78, 5) is 22.9. The predicted octanol–water partition coefficient (Wildman–Crippen LogP) is 2.28. The van der Waals surface area contributed by atoms with Gasteiger partial charge in [0, 0.05) is 0 Å². The fraction of sp³-hybridized carbons (Fsp3) is 0.800. The summed E-state index contributed by atoms with van der Waals surface area (Å²) in [5.41, 5.74) is -1.43. The molecule has 8 heteroatoms. The number of hydrogen-bond donors (Lipinski definition) is 1. The van der Waals surface area contributed by atoms with Crippen LogP contribution in [0.2, 0.25) is 0 Å². The fourth-order valence-corrected chi connectivity index (χ4v) is 2.52. The highest BCUT2D eigenvalue weighted by molar-refractivity contribution is 9.09. The number of Topliss-reactive ketones (excluding diaryl/α,β-unsaturated/α-hetero) is 1. The Balaban J connectivity index is 2.86. The summed E-state index contributed by atoms with van der Waals surface area (Å²) < 4.78 is 49.8. The van der Waals surface area contributed by atoms with Gasteiger partial charge in [-0.25, -0.2) is 8.78 Å². The Morgan fingerprint density at radius 1 is 1.28 bits per heavy atom. The van der Waals surface area contributed by atoms with Crippen molar-refractivity contribution in [2.75, 3.05) is 5.33 Å². The molecule has 1 rings (SSSR count). The van der Waals surface area contributed by atoms with Gasteiger partial charge in [-0.2, -0.15) is 8.78 Å². The Morgan fingerprint density at radius 3 is 2.17 bits per heavy atom. The van der Waals surface area contributed by atoms with Gasteiger partial charge in [0.1, 0.15) is 0 Å². The van der Waals surface area contributed by atoms with Crippen molar-refractivity contribution in [3.8, 4) is 0 Å². The molecule has 0 heterocycles. The molecular weight excluding hydrogens is 322 g/mol. The van der Waals surface area contributed by atoms with E-state index in [1.54, 1.807) is 0 Å². The number of nitrogens with one attached hydrogen (secondary N) is 1. The van der Waals surface area contributed by atoms with Crippen LogP contribution in [0.4, 0.5) is 17.6 Å². The molecule has 0 unspecified atom stereocenters. The predicted molar refractivity (Wildman–Crippen MR) is 59.1 cm³/mol. The van der Waals surface area contributed by atoms with E-state index in [1.807, 2.05) is 5.32 Å². The van der Waals surface area contributed by atoms with E-state index >= 15 is 0 Å². The van der Waals surface area contributed by atoms with Gasteiger partial charge in [-0.3, -0.25) is 9.59 Å². The first-order valence-corrected chi connectivity index (χ1v) is 6.46. The molecule has 3 nitrogen and oxygen atoms in total. The maximum atomic E-state index is 12.8. The molecule has 0 radical (unpaired) electrons. The number of alkyl halides is 5. The SMILES string of the molecule is O=C(CBr)C1(NC(=O)C(F)(F)C(F)F)CCCC1. The Labute approximate surface area is 109 Å². The van der Waals surface area contributed by atoms with E-state index in [0.717, 1.165) is 0 Å². The third-order valence-corrected chi connectivity index (χ3v) is 3.55. The van der Waals surface area contributed by atoms with Gasteiger partial charge in [-0.05, 0) is 12.8 Å². The molecule has 18 heavy (non-hydrogen) atoms. The molecule has 0 saturated heterocycles. The van der Waals surface area contributed by atoms with Crippen LogP contribution in [-0.2, 0) is 9.59 Å². The number of rotatable bonds is 5. The first-order valence-electron chi connectivity index (χ1n) is 5.34. The zero-order chi connectivity index (χ0) is 14.0. The van der Waals surface area contributed by atoms with Gasteiger partial charge in [0.2, 0.25) is 0 Å².